The standard InChI is InChI=1S/C22H26N2O5S2/c1-30(26,27)19-8-10-20(11-9-19)31(28,29)23-15-12-18(13-16-23)22(25)24-14-4-6-17-5-2-3-7-21(17)24/h2-3,5,7-11,18H,4,6,12-16H2,1H3. The van der Waals surface area contributed by atoms with Gasteiger partial charge in [0.25, 0.3) is 0 Å². The Morgan fingerprint density at radius 2 is 1.48 bits per heavy atom. The average molecular weight is 463 g/mol. The lowest BCUT2D eigenvalue weighted by atomic mass is 9.94. The molecule has 1 fully saturated rings. The molecule has 0 radical (unpaired) electrons. The lowest BCUT2D eigenvalue weighted by Gasteiger charge is -2.36. The molecule has 0 spiro atoms. The molecular formula is C22H26N2O5S2. The Morgan fingerprint density at radius 1 is 0.871 bits per heavy atom. The fourth-order valence-corrected chi connectivity index (χ4v) is 6.43. The van der Waals surface area contributed by atoms with E-state index < -0.39 is 19.9 Å². The topological polar surface area (TPSA) is 91.8 Å². The van der Waals surface area contributed by atoms with E-state index in [0.29, 0.717) is 19.4 Å². The van der Waals surface area contributed by atoms with Crippen molar-refractivity contribution in [2.45, 2.75) is 35.5 Å². The molecule has 2 aromatic rings. The molecule has 0 bridgehead atoms. The van der Waals surface area contributed by atoms with Crippen molar-refractivity contribution in [1.82, 2.24) is 4.31 Å². The summed E-state index contributed by atoms with van der Waals surface area (Å²) in [5, 5.41) is 0. The first-order valence-electron chi connectivity index (χ1n) is 10.4. The third-order valence-electron chi connectivity index (χ3n) is 6.07. The van der Waals surface area contributed by atoms with Crippen molar-refractivity contribution in [2.75, 3.05) is 30.8 Å². The molecule has 0 aromatic heterocycles. The highest BCUT2D eigenvalue weighted by Gasteiger charge is 2.35. The minimum Gasteiger partial charge on any atom is -0.312 e. The number of hydrogen-bond donors (Lipinski definition) is 0. The molecule has 7 nitrogen and oxygen atoms in total. The van der Waals surface area contributed by atoms with E-state index in [1.54, 1.807) is 0 Å². The van der Waals surface area contributed by atoms with Gasteiger partial charge >= 0.3 is 0 Å². The predicted molar refractivity (Wildman–Crippen MR) is 118 cm³/mol. The number of benzene rings is 2. The lowest BCUT2D eigenvalue weighted by Crippen LogP contribution is -2.45. The second-order valence-electron chi connectivity index (χ2n) is 8.14. The molecule has 1 amide bonds. The SMILES string of the molecule is CS(=O)(=O)c1ccc(S(=O)(=O)N2CCC(C(=O)N3CCCc4ccccc43)CC2)cc1. The van der Waals surface area contributed by atoms with Crippen LogP contribution < -0.4 is 4.90 Å². The summed E-state index contributed by atoms with van der Waals surface area (Å²) in [6.45, 7) is 1.23. The predicted octanol–water partition coefficient (Wildman–Crippen LogP) is 2.47. The Morgan fingerprint density at radius 3 is 2.13 bits per heavy atom. The van der Waals surface area contributed by atoms with Crippen molar-refractivity contribution in [1.29, 1.82) is 0 Å². The van der Waals surface area contributed by atoms with Gasteiger partial charge < -0.3 is 4.90 Å². The van der Waals surface area contributed by atoms with Crippen LogP contribution in [0.5, 0.6) is 0 Å². The molecule has 0 saturated carbocycles. The van der Waals surface area contributed by atoms with Crippen LogP contribution in [0.1, 0.15) is 24.8 Å². The third-order valence-corrected chi connectivity index (χ3v) is 9.11. The molecule has 9 heteroatoms. The van der Waals surface area contributed by atoms with E-state index in [4.69, 9.17) is 0 Å². The summed E-state index contributed by atoms with van der Waals surface area (Å²) in [6, 6.07) is 13.2. The average Bonchev–Trinajstić information content (AvgIpc) is 2.78. The number of hydrogen-bond acceptors (Lipinski definition) is 5. The van der Waals surface area contributed by atoms with E-state index in [2.05, 4.69) is 6.07 Å². The molecule has 0 N–H and O–H groups in total. The Balaban J connectivity index is 1.44. The zero-order valence-corrected chi connectivity index (χ0v) is 19.0. The number of amides is 1. The van der Waals surface area contributed by atoms with Gasteiger partial charge in [0.2, 0.25) is 15.9 Å². The second-order valence-corrected chi connectivity index (χ2v) is 12.1. The Kier molecular flexibility index (Phi) is 5.93. The van der Waals surface area contributed by atoms with Crippen LogP contribution in [0.2, 0.25) is 0 Å². The fraction of sp³-hybridized carbons (Fsp3) is 0.409. The van der Waals surface area contributed by atoms with Crippen molar-refractivity contribution in [2.24, 2.45) is 5.92 Å². The van der Waals surface area contributed by atoms with Crippen LogP contribution in [0.15, 0.2) is 58.3 Å². The van der Waals surface area contributed by atoms with E-state index in [1.165, 1.54) is 34.1 Å². The maximum atomic E-state index is 13.2. The number of fused-ring (bicyclic) bond motifs is 1. The van der Waals surface area contributed by atoms with Crippen molar-refractivity contribution in [3.63, 3.8) is 0 Å². The van der Waals surface area contributed by atoms with Crippen LogP contribution >= 0.6 is 0 Å². The number of aryl methyl sites for hydroxylation is 1. The number of nitrogens with zero attached hydrogens (tertiary/aromatic N) is 2. The quantitative estimate of drug-likeness (QED) is 0.696. The van der Waals surface area contributed by atoms with Crippen LogP contribution in [-0.2, 0) is 31.1 Å². The van der Waals surface area contributed by atoms with Gasteiger partial charge in [-0.05, 0) is 61.6 Å². The van der Waals surface area contributed by atoms with E-state index in [0.717, 1.165) is 24.8 Å². The van der Waals surface area contributed by atoms with Crippen LogP contribution in [-0.4, -0.2) is 52.9 Å². The highest BCUT2D eigenvalue weighted by atomic mass is 32.2. The molecule has 1 saturated heterocycles. The summed E-state index contributed by atoms with van der Waals surface area (Å²) in [5.74, 6) is -0.132. The van der Waals surface area contributed by atoms with Gasteiger partial charge in [0.05, 0.1) is 9.79 Å². The van der Waals surface area contributed by atoms with Gasteiger partial charge in [0, 0.05) is 37.5 Å². The number of sulfone groups is 1. The van der Waals surface area contributed by atoms with E-state index in [-0.39, 0.29) is 34.7 Å². The van der Waals surface area contributed by atoms with Crippen LogP contribution in [0.3, 0.4) is 0 Å². The van der Waals surface area contributed by atoms with E-state index >= 15 is 0 Å². The van der Waals surface area contributed by atoms with Gasteiger partial charge in [-0.3, -0.25) is 4.79 Å². The molecule has 2 aliphatic heterocycles. The fourth-order valence-electron chi connectivity index (χ4n) is 4.33. The Labute approximate surface area is 183 Å². The van der Waals surface area contributed by atoms with Gasteiger partial charge in [0.1, 0.15) is 0 Å². The minimum atomic E-state index is -3.73. The van der Waals surface area contributed by atoms with Crippen molar-refractivity contribution < 1.29 is 21.6 Å². The summed E-state index contributed by atoms with van der Waals surface area (Å²) in [4.78, 5) is 15.2. The highest BCUT2D eigenvalue weighted by Crippen LogP contribution is 2.31. The molecule has 31 heavy (non-hydrogen) atoms. The summed E-state index contributed by atoms with van der Waals surface area (Å²) in [6.07, 6.45) is 3.92. The summed E-state index contributed by atoms with van der Waals surface area (Å²) >= 11 is 0. The van der Waals surface area contributed by atoms with Gasteiger partial charge in [0.15, 0.2) is 9.84 Å². The molecule has 166 valence electrons. The number of carbonyl (C=O) groups is 1. The van der Waals surface area contributed by atoms with E-state index in [1.807, 2.05) is 23.1 Å². The number of sulfonamides is 1. The number of para-hydroxylation sites is 1. The van der Waals surface area contributed by atoms with Gasteiger partial charge in [-0.15, -0.1) is 0 Å². The molecule has 2 heterocycles. The van der Waals surface area contributed by atoms with Gasteiger partial charge in [-0.1, -0.05) is 18.2 Å². The first-order chi connectivity index (χ1) is 14.7. The molecular weight excluding hydrogens is 436 g/mol. The maximum Gasteiger partial charge on any atom is 0.243 e. The number of rotatable bonds is 4. The summed E-state index contributed by atoms with van der Waals surface area (Å²) in [5.41, 5.74) is 2.15. The molecule has 0 aliphatic carbocycles. The smallest absolute Gasteiger partial charge is 0.243 e. The molecule has 2 aromatic carbocycles. The van der Waals surface area contributed by atoms with Crippen LogP contribution in [0.25, 0.3) is 0 Å². The number of anilines is 1. The monoisotopic (exact) mass is 462 g/mol. The maximum absolute atomic E-state index is 13.2. The molecule has 4 rings (SSSR count). The van der Waals surface area contributed by atoms with Crippen molar-refractivity contribution in [3.05, 3.63) is 54.1 Å². The zero-order chi connectivity index (χ0) is 22.2. The number of carbonyl (C=O) groups excluding carboxylic acids is 1. The van der Waals surface area contributed by atoms with Crippen molar-refractivity contribution in [3.8, 4) is 0 Å². The van der Waals surface area contributed by atoms with E-state index in [9.17, 15) is 21.6 Å². The number of piperidine rings is 1. The lowest BCUT2D eigenvalue weighted by molar-refractivity contribution is -0.123. The zero-order valence-electron chi connectivity index (χ0n) is 17.4. The van der Waals surface area contributed by atoms with Crippen LogP contribution in [0.4, 0.5) is 5.69 Å². The molecule has 0 unspecified atom stereocenters. The third kappa shape index (κ3) is 4.40. The Bertz CT molecular complexity index is 1180. The normalized spacial score (nSPS) is 18.5. The van der Waals surface area contributed by atoms with Crippen LogP contribution in [0, 0.1) is 5.92 Å². The van der Waals surface area contributed by atoms with Gasteiger partial charge in [-0.2, -0.15) is 4.31 Å². The Hall–Kier alpha value is -2.23. The highest BCUT2D eigenvalue weighted by molar-refractivity contribution is 7.90. The summed E-state index contributed by atoms with van der Waals surface area (Å²) in [7, 11) is -7.12. The molecule has 2 aliphatic rings. The second kappa shape index (κ2) is 8.37. The largest absolute Gasteiger partial charge is 0.312 e. The van der Waals surface area contributed by atoms with Crippen molar-refractivity contribution >= 4 is 31.5 Å². The van der Waals surface area contributed by atoms with Gasteiger partial charge in [-0.25, -0.2) is 16.8 Å². The first-order valence-corrected chi connectivity index (χ1v) is 13.7. The molecule has 0 atom stereocenters. The first kappa shape index (κ1) is 22.0. The summed E-state index contributed by atoms with van der Waals surface area (Å²) < 4.78 is 50.5. The minimum absolute atomic E-state index is 0.0645.